The quantitative estimate of drug-likeness (QED) is 0.540. The van der Waals surface area contributed by atoms with Crippen molar-refractivity contribution in [2.75, 3.05) is 0 Å². The lowest BCUT2D eigenvalue weighted by molar-refractivity contribution is 0.312. The minimum atomic E-state index is 0.324. The lowest BCUT2D eigenvalue weighted by Crippen LogP contribution is -2.17. The molecule has 0 N–H and O–H groups in total. The first kappa shape index (κ1) is 20.8. The molecule has 1 heteroatoms. The van der Waals surface area contributed by atoms with E-state index in [4.69, 9.17) is 0 Å². The summed E-state index contributed by atoms with van der Waals surface area (Å²) in [5.74, 6) is 0.629. The van der Waals surface area contributed by atoms with Crippen molar-refractivity contribution in [3.05, 3.63) is 65.2 Å². The van der Waals surface area contributed by atoms with E-state index < -0.39 is 0 Å². The normalized spacial score (nSPS) is 12.3. The van der Waals surface area contributed by atoms with E-state index in [1.165, 1.54) is 23.1 Å². The number of hydrogen-bond acceptors (Lipinski definition) is 1. The Hall–Kier alpha value is -1.21. The molecule has 0 amide bonds. The molecule has 0 saturated carbocycles. The van der Waals surface area contributed by atoms with Gasteiger partial charge in [-0.15, -0.1) is 12.6 Å². The van der Waals surface area contributed by atoms with Crippen LogP contribution in [0, 0.1) is 5.41 Å². The third-order valence-corrected chi connectivity index (χ3v) is 4.77. The Labute approximate surface area is 155 Å². The third-order valence-electron chi connectivity index (χ3n) is 4.47. The van der Waals surface area contributed by atoms with Gasteiger partial charge in [0.05, 0.1) is 0 Å². The number of rotatable bonds is 5. The summed E-state index contributed by atoms with van der Waals surface area (Å²) in [5, 5.41) is 0. The van der Waals surface area contributed by atoms with E-state index in [-0.39, 0.29) is 0 Å². The summed E-state index contributed by atoms with van der Waals surface area (Å²) in [7, 11) is 0. The standard InChI is InChI=1S/C21H28S.C2H6/c1-5-20(21(2,3)4)18-12-8-16(9-13-18)6-7-17-10-14-19(22)15-11-17;1-2/h8-15,20,22H,5-7H2,1-4H3;1-2H3. The van der Waals surface area contributed by atoms with E-state index in [0.29, 0.717) is 11.3 Å². The number of thiol groups is 1. The van der Waals surface area contributed by atoms with Crippen LogP contribution in [0.5, 0.6) is 0 Å². The molecule has 132 valence electrons. The van der Waals surface area contributed by atoms with Crippen LogP contribution in [0.3, 0.4) is 0 Å². The smallest absolute Gasteiger partial charge is 0.00401 e. The van der Waals surface area contributed by atoms with Gasteiger partial charge in [0.1, 0.15) is 0 Å². The molecule has 1 unspecified atom stereocenters. The molecular weight excluding hydrogens is 308 g/mol. The van der Waals surface area contributed by atoms with Crippen LogP contribution in [0.1, 0.15) is 70.6 Å². The summed E-state index contributed by atoms with van der Waals surface area (Å²) in [6, 6.07) is 17.7. The fourth-order valence-corrected chi connectivity index (χ4v) is 3.37. The zero-order valence-corrected chi connectivity index (χ0v) is 17.2. The van der Waals surface area contributed by atoms with E-state index in [2.05, 4.69) is 88.9 Å². The minimum absolute atomic E-state index is 0.324. The highest BCUT2D eigenvalue weighted by Crippen LogP contribution is 2.37. The van der Waals surface area contributed by atoms with Crippen LogP contribution in [0.4, 0.5) is 0 Å². The van der Waals surface area contributed by atoms with Crippen LogP contribution in [-0.4, -0.2) is 0 Å². The van der Waals surface area contributed by atoms with E-state index in [9.17, 15) is 0 Å². The summed E-state index contributed by atoms with van der Waals surface area (Å²) in [6.07, 6.45) is 3.38. The Morgan fingerprint density at radius 2 is 1.21 bits per heavy atom. The van der Waals surface area contributed by atoms with Gasteiger partial charge in [-0.25, -0.2) is 0 Å². The first-order chi connectivity index (χ1) is 11.4. The zero-order valence-electron chi connectivity index (χ0n) is 16.3. The average Bonchev–Trinajstić information content (AvgIpc) is 2.57. The molecule has 0 spiro atoms. The van der Waals surface area contributed by atoms with Gasteiger partial charge in [-0.05, 0) is 59.4 Å². The van der Waals surface area contributed by atoms with Gasteiger partial charge >= 0.3 is 0 Å². The van der Waals surface area contributed by atoms with Crippen molar-refractivity contribution in [3.8, 4) is 0 Å². The number of hydrogen-bond donors (Lipinski definition) is 1. The summed E-state index contributed by atoms with van der Waals surface area (Å²) >= 11 is 4.33. The maximum absolute atomic E-state index is 4.33. The predicted molar refractivity (Wildman–Crippen MR) is 111 cm³/mol. The molecule has 0 aromatic heterocycles. The van der Waals surface area contributed by atoms with Gasteiger partial charge in [-0.1, -0.05) is 77.9 Å². The van der Waals surface area contributed by atoms with Gasteiger partial charge in [0, 0.05) is 4.90 Å². The molecular formula is C23H34S. The molecule has 0 bridgehead atoms. The molecule has 0 aliphatic rings. The Morgan fingerprint density at radius 1 is 0.792 bits per heavy atom. The minimum Gasteiger partial charge on any atom is -0.143 e. The van der Waals surface area contributed by atoms with Crippen LogP contribution < -0.4 is 0 Å². The molecule has 2 rings (SSSR count). The molecule has 0 heterocycles. The van der Waals surface area contributed by atoms with Gasteiger partial charge in [0.15, 0.2) is 0 Å². The highest BCUT2D eigenvalue weighted by atomic mass is 32.1. The van der Waals surface area contributed by atoms with E-state index in [1.54, 1.807) is 0 Å². The van der Waals surface area contributed by atoms with Gasteiger partial charge in [-0.3, -0.25) is 0 Å². The van der Waals surface area contributed by atoms with E-state index in [1.807, 2.05) is 13.8 Å². The van der Waals surface area contributed by atoms with Crippen LogP contribution in [0.2, 0.25) is 0 Å². The topological polar surface area (TPSA) is 0 Å². The highest BCUT2D eigenvalue weighted by Gasteiger charge is 2.24. The highest BCUT2D eigenvalue weighted by molar-refractivity contribution is 7.80. The van der Waals surface area contributed by atoms with Gasteiger partial charge < -0.3 is 0 Å². The molecule has 0 nitrogen and oxygen atoms in total. The van der Waals surface area contributed by atoms with Crippen molar-refractivity contribution < 1.29 is 0 Å². The van der Waals surface area contributed by atoms with Crippen LogP contribution in [0.15, 0.2) is 53.4 Å². The second-order valence-corrected chi connectivity index (χ2v) is 7.75. The van der Waals surface area contributed by atoms with Crippen molar-refractivity contribution in [3.63, 3.8) is 0 Å². The average molecular weight is 343 g/mol. The summed E-state index contributed by atoms with van der Waals surface area (Å²) in [5.41, 5.74) is 4.59. The van der Waals surface area contributed by atoms with Crippen molar-refractivity contribution >= 4 is 12.6 Å². The Morgan fingerprint density at radius 3 is 1.58 bits per heavy atom. The van der Waals surface area contributed by atoms with Gasteiger partial charge in [0.2, 0.25) is 0 Å². The molecule has 0 radical (unpaired) electrons. The molecule has 0 fully saturated rings. The first-order valence-electron chi connectivity index (χ1n) is 9.27. The van der Waals surface area contributed by atoms with Crippen molar-refractivity contribution in [2.24, 2.45) is 5.41 Å². The molecule has 2 aromatic carbocycles. The second kappa shape index (κ2) is 9.93. The Bertz CT molecular complexity index is 573. The summed E-state index contributed by atoms with van der Waals surface area (Å²) in [4.78, 5) is 1.03. The molecule has 2 aromatic rings. The van der Waals surface area contributed by atoms with E-state index in [0.717, 1.165) is 17.7 Å². The Kier molecular flexibility index (Phi) is 8.62. The lowest BCUT2D eigenvalue weighted by atomic mass is 9.75. The van der Waals surface area contributed by atoms with Crippen molar-refractivity contribution in [1.82, 2.24) is 0 Å². The monoisotopic (exact) mass is 342 g/mol. The molecule has 24 heavy (non-hydrogen) atoms. The zero-order chi connectivity index (χ0) is 18.2. The first-order valence-corrected chi connectivity index (χ1v) is 9.71. The maximum atomic E-state index is 4.33. The molecule has 0 aliphatic carbocycles. The predicted octanol–water partition coefficient (Wildman–Crippen LogP) is 7.33. The molecule has 1 atom stereocenters. The van der Waals surface area contributed by atoms with E-state index >= 15 is 0 Å². The third kappa shape index (κ3) is 6.36. The lowest BCUT2D eigenvalue weighted by Gasteiger charge is -2.30. The molecule has 0 saturated heterocycles. The summed E-state index contributed by atoms with van der Waals surface area (Å²) < 4.78 is 0. The fraction of sp³-hybridized carbons (Fsp3) is 0.478. The summed E-state index contributed by atoms with van der Waals surface area (Å²) in [6.45, 7) is 13.3. The SMILES string of the molecule is CC.CCC(c1ccc(CCc2ccc(S)cc2)cc1)C(C)(C)C. The molecule has 0 aliphatic heterocycles. The maximum Gasteiger partial charge on any atom is 0.00401 e. The number of benzene rings is 2. The number of aryl methyl sites for hydroxylation is 2. The second-order valence-electron chi connectivity index (χ2n) is 7.23. The van der Waals surface area contributed by atoms with Crippen molar-refractivity contribution in [2.45, 2.75) is 71.6 Å². The Balaban J connectivity index is 0.00000139. The largest absolute Gasteiger partial charge is 0.143 e. The van der Waals surface area contributed by atoms with Crippen LogP contribution in [-0.2, 0) is 12.8 Å². The van der Waals surface area contributed by atoms with Crippen molar-refractivity contribution in [1.29, 1.82) is 0 Å². The fourth-order valence-electron chi connectivity index (χ4n) is 3.22. The van der Waals surface area contributed by atoms with Gasteiger partial charge in [0.25, 0.3) is 0 Å². The van der Waals surface area contributed by atoms with Crippen LogP contribution in [0.25, 0.3) is 0 Å². The van der Waals surface area contributed by atoms with Gasteiger partial charge in [-0.2, -0.15) is 0 Å². The van der Waals surface area contributed by atoms with Crippen LogP contribution >= 0.6 is 12.6 Å².